The molecule has 1 heterocycles. The van der Waals surface area contributed by atoms with Crippen LogP contribution in [0.1, 0.15) is 22.8 Å². The molecule has 0 atom stereocenters. The summed E-state index contributed by atoms with van der Waals surface area (Å²) in [5.74, 6) is -1.98. The van der Waals surface area contributed by atoms with Gasteiger partial charge in [-0.05, 0) is 53.9 Å². The predicted octanol–water partition coefficient (Wildman–Crippen LogP) is 4.56. The number of hydrogen-bond donors (Lipinski definition) is 1. The fraction of sp³-hybridized carbons (Fsp3) is 0.227. The van der Waals surface area contributed by atoms with Gasteiger partial charge in [0.05, 0.1) is 6.10 Å². The third-order valence-corrected chi connectivity index (χ3v) is 4.83. The first-order chi connectivity index (χ1) is 13.3. The van der Waals surface area contributed by atoms with Gasteiger partial charge in [0.1, 0.15) is 11.5 Å². The van der Waals surface area contributed by atoms with Crippen molar-refractivity contribution in [3.8, 4) is 11.5 Å². The van der Waals surface area contributed by atoms with Crippen molar-refractivity contribution >= 4 is 16.7 Å². The predicted molar refractivity (Wildman–Crippen MR) is 102 cm³/mol. The zero-order valence-corrected chi connectivity index (χ0v) is 15.2. The molecule has 4 nitrogen and oxygen atoms in total. The van der Waals surface area contributed by atoms with Gasteiger partial charge in [-0.2, -0.15) is 0 Å². The van der Waals surface area contributed by atoms with Crippen LogP contribution in [0.25, 0.3) is 10.8 Å². The number of likely N-dealkylation sites (tertiary alicyclic amines) is 1. The number of aliphatic hydroxyl groups is 1. The number of aliphatic hydroxyl groups excluding tert-OH is 1. The Morgan fingerprint density at radius 1 is 1.11 bits per heavy atom. The van der Waals surface area contributed by atoms with Crippen molar-refractivity contribution < 1.29 is 23.4 Å². The molecule has 1 saturated heterocycles. The lowest BCUT2D eigenvalue weighted by Crippen LogP contribution is -2.53. The number of rotatable bonds is 4. The second-order valence-electron chi connectivity index (χ2n) is 7.07. The van der Waals surface area contributed by atoms with Gasteiger partial charge in [-0.15, -0.1) is 0 Å². The average Bonchev–Trinajstić information content (AvgIpc) is 2.64. The number of halogens is 2. The lowest BCUT2D eigenvalue weighted by molar-refractivity contribution is 0.00590. The van der Waals surface area contributed by atoms with Gasteiger partial charge < -0.3 is 14.7 Å². The molecule has 0 saturated carbocycles. The van der Waals surface area contributed by atoms with Gasteiger partial charge in [-0.3, -0.25) is 4.79 Å². The minimum Gasteiger partial charge on any atom is -0.457 e. The van der Waals surface area contributed by atoms with Gasteiger partial charge in [0, 0.05) is 36.5 Å². The number of alkyl halides is 2. The summed E-state index contributed by atoms with van der Waals surface area (Å²) in [6.45, 7) is 1.56. The fourth-order valence-corrected chi connectivity index (χ4v) is 3.22. The first kappa shape index (κ1) is 18.4. The van der Waals surface area contributed by atoms with Gasteiger partial charge >= 0.3 is 0 Å². The molecule has 0 aromatic heterocycles. The van der Waals surface area contributed by atoms with E-state index in [0.717, 1.165) is 17.7 Å². The van der Waals surface area contributed by atoms with Crippen LogP contribution in [0, 0.1) is 0 Å². The van der Waals surface area contributed by atoms with Crippen molar-refractivity contribution in [2.75, 3.05) is 13.1 Å². The van der Waals surface area contributed by atoms with E-state index in [1.54, 1.807) is 23.1 Å². The summed E-state index contributed by atoms with van der Waals surface area (Å²) >= 11 is 0. The SMILES string of the molecule is CC(F)(F)c1ccc(Oc2cccc3cc(C(=O)N4CC(O)C4)ccc23)cc1. The second-order valence-corrected chi connectivity index (χ2v) is 7.07. The van der Waals surface area contributed by atoms with Gasteiger partial charge in [-0.1, -0.05) is 12.1 Å². The van der Waals surface area contributed by atoms with Gasteiger partial charge in [0.25, 0.3) is 11.8 Å². The molecule has 1 fully saturated rings. The average molecular weight is 383 g/mol. The van der Waals surface area contributed by atoms with E-state index in [2.05, 4.69) is 0 Å². The number of carbonyl (C=O) groups is 1. The van der Waals surface area contributed by atoms with Crippen molar-refractivity contribution in [3.05, 3.63) is 71.8 Å². The molecule has 144 valence electrons. The minimum absolute atomic E-state index is 0.0722. The van der Waals surface area contributed by atoms with Crippen molar-refractivity contribution in [3.63, 3.8) is 0 Å². The van der Waals surface area contributed by atoms with E-state index < -0.39 is 12.0 Å². The standard InChI is InChI=1S/C22H19F2NO3/c1-22(23,24)16-6-8-18(9-7-16)28-20-4-2-3-14-11-15(5-10-19(14)20)21(27)25-12-17(26)13-25/h2-11,17,26H,12-13H2,1H3. The molecule has 0 aliphatic carbocycles. The molecule has 6 heteroatoms. The highest BCUT2D eigenvalue weighted by Crippen LogP contribution is 2.33. The quantitative estimate of drug-likeness (QED) is 0.719. The Morgan fingerprint density at radius 3 is 2.46 bits per heavy atom. The van der Waals surface area contributed by atoms with Crippen molar-refractivity contribution in [1.82, 2.24) is 4.90 Å². The monoisotopic (exact) mass is 383 g/mol. The minimum atomic E-state index is -2.90. The van der Waals surface area contributed by atoms with Crippen LogP contribution in [-0.2, 0) is 5.92 Å². The van der Waals surface area contributed by atoms with Crippen LogP contribution >= 0.6 is 0 Å². The summed E-state index contributed by atoms with van der Waals surface area (Å²) in [7, 11) is 0. The summed E-state index contributed by atoms with van der Waals surface area (Å²) in [5.41, 5.74) is 0.475. The molecule has 0 spiro atoms. The molecular weight excluding hydrogens is 364 g/mol. The van der Waals surface area contributed by atoms with E-state index >= 15 is 0 Å². The Balaban J connectivity index is 1.59. The van der Waals surface area contributed by atoms with Crippen molar-refractivity contribution in [2.24, 2.45) is 0 Å². The molecule has 1 N–H and O–H groups in total. The van der Waals surface area contributed by atoms with E-state index in [1.165, 1.54) is 24.3 Å². The molecule has 0 radical (unpaired) electrons. The molecule has 28 heavy (non-hydrogen) atoms. The Hall–Kier alpha value is -2.99. The number of hydrogen-bond acceptors (Lipinski definition) is 3. The molecule has 3 aromatic carbocycles. The normalized spacial score (nSPS) is 14.8. The van der Waals surface area contributed by atoms with Crippen molar-refractivity contribution in [2.45, 2.75) is 19.0 Å². The van der Waals surface area contributed by atoms with E-state index in [4.69, 9.17) is 4.74 Å². The molecule has 0 bridgehead atoms. The summed E-state index contributed by atoms with van der Waals surface area (Å²) < 4.78 is 32.6. The zero-order chi connectivity index (χ0) is 19.9. The highest BCUT2D eigenvalue weighted by atomic mass is 19.3. The largest absolute Gasteiger partial charge is 0.457 e. The Morgan fingerprint density at radius 2 is 1.82 bits per heavy atom. The Bertz CT molecular complexity index is 1020. The third kappa shape index (κ3) is 3.55. The lowest BCUT2D eigenvalue weighted by Gasteiger charge is -2.35. The van der Waals surface area contributed by atoms with Gasteiger partial charge in [0.2, 0.25) is 0 Å². The second kappa shape index (κ2) is 6.87. The summed E-state index contributed by atoms with van der Waals surface area (Å²) in [6.07, 6.45) is -0.441. The van der Waals surface area contributed by atoms with Crippen LogP contribution in [0.2, 0.25) is 0 Å². The number of β-amino-alcohol motifs (C(OH)–C–C–N with tert-alkyl or cyclic N) is 1. The fourth-order valence-electron chi connectivity index (χ4n) is 3.22. The van der Waals surface area contributed by atoms with E-state index in [0.29, 0.717) is 30.2 Å². The molecule has 3 aromatic rings. The number of amides is 1. The lowest BCUT2D eigenvalue weighted by atomic mass is 10.0. The maximum atomic E-state index is 13.3. The van der Waals surface area contributed by atoms with Crippen molar-refractivity contribution in [1.29, 1.82) is 0 Å². The third-order valence-electron chi connectivity index (χ3n) is 4.83. The Labute approximate surface area is 161 Å². The number of benzene rings is 3. The molecule has 1 aliphatic rings. The highest BCUT2D eigenvalue weighted by Gasteiger charge is 2.29. The van der Waals surface area contributed by atoms with E-state index in [1.807, 2.05) is 18.2 Å². The number of ether oxygens (including phenoxy) is 1. The summed E-state index contributed by atoms with van der Waals surface area (Å²) in [6, 6.07) is 16.5. The van der Waals surface area contributed by atoms with E-state index in [9.17, 15) is 18.7 Å². The molecule has 4 rings (SSSR count). The first-order valence-corrected chi connectivity index (χ1v) is 8.97. The maximum Gasteiger partial charge on any atom is 0.270 e. The molecule has 1 aliphatic heterocycles. The molecule has 1 amide bonds. The zero-order valence-electron chi connectivity index (χ0n) is 15.2. The van der Waals surface area contributed by atoms with Crippen LogP contribution in [-0.4, -0.2) is 35.1 Å². The topological polar surface area (TPSA) is 49.8 Å². The Kier molecular flexibility index (Phi) is 4.51. The first-order valence-electron chi connectivity index (χ1n) is 8.97. The molecular formula is C22H19F2NO3. The van der Waals surface area contributed by atoms with Crippen LogP contribution in [0.4, 0.5) is 8.78 Å². The smallest absolute Gasteiger partial charge is 0.270 e. The summed E-state index contributed by atoms with van der Waals surface area (Å²) in [5, 5.41) is 11.0. The van der Waals surface area contributed by atoms with Gasteiger partial charge in [-0.25, -0.2) is 8.78 Å². The molecule has 0 unspecified atom stereocenters. The number of nitrogens with zero attached hydrogens (tertiary/aromatic N) is 1. The van der Waals surface area contributed by atoms with Crippen LogP contribution in [0.5, 0.6) is 11.5 Å². The highest BCUT2D eigenvalue weighted by molar-refractivity contribution is 6.00. The number of fused-ring (bicyclic) bond motifs is 1. The van der Waals surface area contributed by atoms with Crippen LogP contribution < -0.4 is 4.74 Å². The summed E-state index contributed by atoms with van der Waals surface area (Å²) in [4.78, 5) is 14.0. The van der Waals surface area contributed by atoms with Crippen LogP contribution in [0.15, 0.2) is 60.7 Å². The maximum absolute atomic E-state index is 13.3. The van der Waals surface area contributed by atoms with Crippen LogP contribution in [0.3, 0.4) is 0 Å². The number of carbonyl (C=O) groups excluding carboxylic acids is 1. The van der Waals surface area contributed by atoms with E-state index in [-0.39, 0.29) is 11.5 Å². The van der Waals surface area contributed by atoms with Gasteiger partial charge in [0.15, 0.2) is 0 Å².